The standard InChI is InChI=1S/C22H16ClF3N2O2/c23-16-9-10-19(18(12-16)21(30)14-5-2-1-3-6-14)27-13-20(29)28-17-8-4-7-15(11-17)22(24,25)26/h1-12,27H,13H2,(H,28,29). The molecule has 8 heteroatoms. The summed E-state index contributed by atoms with van der Waals surface area (Å²) in [6.07, 6.45) is -4.50. The SMILES string of the molecule is O=C(CNc1ccc(Cl)cc1C(=O)c1ccccc1)Nc1cccc(C(F)(F)F)c1. The minimum absolute atomic E-state index is 0.0216. The largest absolute Gasteiger partial charge is 0.416 e. The summed E-state index contributed by atoms with van der Waals surface area (Å²) < 4.78 is 38.4. The van der Waals surface area contributed by atoms with E-state index in [1.54, 1.807) is 42.5 Å². The maximum Gasteiger partial charge on any atom is 0.416 e. The van der Waals surface area contributed by atoms with E-state index in [2.05, 4.69) is 10.6 Å². The lowest BCUT2D eigenvalue weighted by Gasteiger charge is -2.13. The van der Waals surface area contributed by atoms with E-state index < -0.39 is 17.6 Å². The molecule has 4 nitrogen and oxygen atoms in total. The van der Waals surface area contributed by atoms with E-state index in [0.717, 1.165) is 12.1 Å². The average molecular weight is 433 g/mol. The van der Waals surface area contributed by atoms with E-state index >= 15 is 0 Å². The second-order valence-electron chi connectivity index (χ2n) is 6.37. The molecular formula is C22H16ClF3N2O2. The lowest BCUT2D eigenvalue weighted by atomic mass is 10.0. The minimum atomic E-state index is -4.50. The number of ketones is 1. The molecule has 0 saturated carbocycles. The van der Waals surface area contributed by atoms with E-state index in [-0.39, 0.29) is 23.6 Å². The van der Waals surface area contributed by atoms with Crippen molar-refractivity contribution in [1.29, 1.82) is 0 Å². The van der Waals surface area contributed by atoms with Gasteiger partial charge in [-0.2, -0.15) is 13.2 Å². The van der Waals surface area contributed by atoms with Crippen LogP contribution < -0.4 is 10.6 Å². The molecule has 0 aromatic heterocycles. The molecule has 0 aliphatic rings. The molecule has 2 N–H and O–H groups in total. The third kappa shape index (κ3) is 5.39. The number of amides is 1. The number of halogens is 4. The number of benzene rings is 3. The molecule has 0 saturated heterocycles. The van der Waals surface area contributed by atoms with Crippen LogP contribution >= 0.6 is 11.6 Å². The van der Waals surface area contributed by atoms with Gasteiger partial charge in [-0.3, -0.25) is 9.59 Å². The lowest BCUT2D eigenvalue weighted by molar-refractivity contribution is -0.137. The van der Waals surface area contributed by atoms with Crippen LogP contribution in [-0.4, -0.2) is 18.2 Å². The maximum atomic E-state index is 12.8. The van der Waals surface area contributed by atoms with Gasteiger partial charge in [-0.05, 0) is 36.4 Å². The molecule has 0 fully saturated rings. The van der Waals surface area contributed by atoms with Gasteiger partial charge in [0.1, 0.15) is 0 Å². The number of carbonyl (C=O) groups is 2. The van der Waals surface area contributed by atoms with Crippen LogP contribution in [0.25, 0.3) is 0 Å². The summed E-state index contributed by atoms with van der Waals surface area (Å²) >= 11 is 6.02. The van der Waals surface area contributed by atoms with Gasteiger partial charge in [-0.1, -0.05) is 48.0 Å². The number of carbonyl (C=O) groups excluding carboxylic acids is 2. The first-order chi connectivity index (χ1) is 14.2. The van der Waals surface area contributed by atoms with Crippen LogP contribution in [0.2, 0.25) is 5.02 Å². The summed E-state index contributed by atoms with van der Waals surface area (Å²) in [4.78, 5) is 25.0. The predicted octanol–water partition coefficient (Wildman–Crippen LogP) is 5.64. The second kappa shape index (κ2) is 9.00. The Kier molecular flexibility index (Phi) is 6.42. The van der Waals surface area contributed by atoms with Gasteiger partial charge in [-0.15, -0.1) is 0 Å². The van der Waals surface area contributed by atoms with Crippen molar-refractivity contribution in [2.45, 2.75) is 6.18 Å². The molecule has 3 aromatic rings. The quantitative estimate of drug-likeness (QED) is 0.495. The van der Waals surface area contributed by atoms with Crippen molar-refractivity contribution in [3.63, 3.8) is 0 Å². The Balaban J connectivity index is 1.72. The molecule has 3 aromatic carbocycles. The van der Waals surface area contributed by atoms with Gasteiger partial charge in [0.15, 0.2) is 5.78 Å². The summed E-state index contributed by atoms with van der Waals surface area (Å²) in [6.45, 7) is -0.257. The molecule has 1 amide bonds. The van der Waals surface area contributed by atoms with E-state index in [4.69, 9.17) is 11.6 Å². The number of alkyl halides is 3. The third-order valence-electron chi connectivity index (χ3n) is 4.18. The Bertz CT molecular complexity index is 1070. The fraction of sp³-hybridized carbons (Fsp3) is 0.0909. The zero-order chi connectivity index (χ0) is 21.7. The summed E-state index contributed by atoms with van der Waals surface area (Å²) in [6, 6.07) is 17.5. The Morgan fingerprint density at radius 2 is 1.63 bits per heavy atom. The Morgan fingerprint density at radius 3 is 2.33 bits per heavy atom. The molecule has 0 radical (unpaired) electrons. The molecule has 0 aliphatic heterocycles. The van der Waals surface area contributed by atoms with Gasteiger partial charge in [0, 0.05) is 27.5 Å². The first kappa shape index (κ1) is 21.4. The summed E-state index contributed by atoms with van der Waals surface area (Å²) in [5, 5.41) is 5.60. The molecular weight excluding hydrogens is 417 g/mol. The summed E-state index contributed by atoms with van der Waals surface area (Å²) in [5.41, 5.74) is 0.277. The van der Waals surface area contributed by atoms with Gasteiger partial charge < -0.3 is 10.6 Å². The second-order valence-corrected chi connectivity index (χ2v) is 6.80. The molecule has 154 valence electrons. The highest BCUT2D eigenvalue weighted by Gasteiger charge is 2.30. The minimum Gasteiger partial charge on any atom is -0.376 e. The first-order valence-electron chi connectivity index (χ1n) is 8.84. The monoisotopic (exact) mass is 432 g/mol. The summed E-state index contributed by atoms with van der Waals surface area (Å²) in [5.74, 6) is -0.846. The molecule has 0 spiro atoms. The molecule has 0 bridgehead atoms. The zero-order valence-corrected chi connectivity index (χ0v) is 16.2. The van der Waals surface area contributed by atoms with Gasteiger partial charge in [0.2, 0.25) is 5.91 Å². The highest BCUT2D eigenvalue weighted by Crippen LogP contribution is 2.30. The van der Waals surface area contributed by atoms with Crippen LogP contribution in [-0.2, 0) is 11.0 Å². The molecule has 0 aliphatic carbocycles. The van der Waals surface area contributed by atoms with Crippen LogP contribution in [0.3, 0.4) is 0 Å². The highest BCUT2D eigenvalue weighted by molar-refractivity contribution is 6.31. The van der Waals surface area contributed by atoms with Gasteiger partial charge in [0.25, 0.3) is 0 Å². The number of hydrogen-bond acceptors (Lipinski definition) is 3. The van der Waals surface area contributed by atoms with Crippen LogP contribution in [0.5, 0.6) is 0 Å². The number of nitrogens with one attached hydrogen (secondary N) is 2. The maximum absolute atomic E-state index is 12.8. The molecule has 0 unspecified atom stereocenters. The predicted molar refractivity (Wildman–Crippen MR) is 110 cm³/mol. The smallest absolute Gasteiger partial charge is 0.376 e. The van der Waals surface area contributed by atoms with E-state index in [1.807, 2.05) is 0 Å². The molecule has 3 rings (SSSR count). The summed E-state index contributed by atoms with van der Waals surface area (Å²) in [7, 11) is 0. The third-order valence-corrected chi connectivity index (χ3v) is 4.41. The van der Waals surface area contributed by atoms with E-state index in [9.17, 15) is 22.8 Å². The number of rotatable bonds is 6. The van der Waals surface area contributed by atoms with Gasteiger partial charge >= 0.3 is 6.18 Å². The van der Waals surface area contributed by atoms with Crippen molar-refractivity contribution < 1.29 is 22.8 Å². The molecule has 30 heavy (non-hydrogen) atoms. The normalized spacial score (nSPS) is 11.1. The lowest BCUT2D eigenvalue weighted by Crippen LogP contribution is -2.23. The topological polar surface area (TPSA) is 58.2 Å². The van der Waals surface area contributed by atoms with Crippen molar-refractivity contribution in [3.8, 4) is 0 Å². The number of hydrogen-bond donors (Lipinski definition) is 2. The average Bonchev–Trinajstić information content (AvgIpc) is 2.72. The molecule has 0 heterocycles. The van der Waals surface area contributed by atoms with E-state index in [1.165, 1.54) is 18.2 Å². The van der Waals surface area contributed by atoms with Crippen molar-refractivity contribution >= 4 is 34.7 Å². The van der Waals surface area contributed by atoms with E-state index in [0.29, 0.717) is 16.3 Å². The Hall–Kier alpha value is -3.32. The number of anilines is 2. The first-order valence-corrected chi connectivity index (χ1v) is 9.22. The fourth-order valence-corrected chi connectivity index (χ4v) is 2.93. The highest BCUT2D eigenvalue weighted by atomic mass is 35.5. The van der Waals surface area contributed by atoms with Crippen LogP contribution in [0.4, 0.5) is 24.5 Å². The van der Waals surface area contributed by atoms with Crippen molar-refractivity contribution in [3.05, 3.63) is 94.5 Å². The Morgan fingerprint density at radius 1 is 0.900 bits per heavy atom. The van der Waals surface area contributed by atoms with Crippen molar-refractivity contribution in [1.82, 2.24) is 0 Å². The fourth-order valence-electron chi connectivity index (χ4n) is 2.76. The van der Waals surface area contributed by atoms with Crippen LogP contribution in [0.15, 0.2) is 72.8 Å². The van der Waals surface area contributed by atoms with Crippen molar-refractivity contribution in [2.24, 2.45) is 0 Å². The van der Waals surface area contributed by atoms with Gasteiger partial charge in [0.05, 0.1) is 12.1 Å². The Labute approximate surface area is 175 Å². The van der Waals surface area contributed by atoms with Crippen molar-refractivity contribution in [2.75, 3.05) is 17.2 Å². The van der Waals surface area contributed by atoms with Crippen LogP contribution in [0.1, 0.15) is 21.5 Å². The van der Waals surface area contributed by atoms with Crippen LogP contribution in [0, 0.1) is 0 Å². The van der Waals surface area contributed by atoms with Gasteiger partial charge in [-0.25, -0.2) is 0 Å². The molecule has 0 atom stereocenters. The zero-order valence-electron chi connectivity index (χ0n) is 15.5.